The Hall–Kier alpha value is -3.32. The van der Waals surface area contributed by atoms with Crippen LogP contribution in [-0.4, -0.2) is 76.8 Å². The van der Waals surface area contributed by atoms with E-state index in [0.29, 0.717) is 41.1 Å². The molecule has 3 atom stereocenters. The van der Waals surface area contributed by atoms with Gasteiger partial charge in [-0.2, -0.15) is 0 Å². The van der Waals surface area contributed by atoms with Crippen LogP contribution in [0.1, 0.15) is 68.3 Å². The number of thioether (sulfide) groups is 1. The van der Waals surface area contributed by atoms with Crippen LogP contribution in [-0.2, 0) is 9.53 Å². The van der Waals surface area contributed by atoms with Crippen LogP contribution in [0, 0.1) is 11.7 Å². The maximum Gasteiger partial charge on any atom is 0.341 e. The summed E-state index contributed by atoms with van der Waals surface area (Å²) in [7, 11) is 2.85. The summed E-state index contributed by atoms with van der Waals surface area (Å²) in [5.41, 5.74) is 0.218. The highest BCUT2D eigenvalue weighted by Gasteiger charge is 2.41. The molecule has 0 amide bonds. The van der Waals surface area contributed by atoms with Crippen LogP contribution in [0.5, 0.6) is 5.75 Å². The minimum Gasteiger partial charge on any atom is -0.492 e. The van der Waals surface area contributed by atoms with Gasteiger partial charge in [-0.3, -0.25) is 4.79 Å². The van der Waals surface area contributed by atoms with E-state index in [2.05, 4.69) is 5.32 Å². The predicted octanol–water partition coefficient (Wildman–Crippen LogP) is 4.65. The van der Waals surface area contributed by atoms with Gasteiger partial charge in [-0.05, 0) is 50.9 Å². The maximum absolute atomic E-state index is 15.9. The molecule has 3 heterocycles. The molecule has 1 aromatic heterocycles. The van der Waals surface area contributed by atoms with Crippen LogP contribution in [0.4, 0.5) is 10.1 Å². The van der Waals surface area contributed by atoms with Crippen LogP contribution in [0.15, 0.2) is 27.7 Å². The molecule has 0 unspecified atom stereocenters. The Morgan fingerprint density at radius 1 is 1.14 bits per heavy atom. The summed E-state index contributed by atoms with van der Waals surface area (Å²) in [6.07, 6.45) is 8.44. The number of ether oxygens (including phenoxy) is 2. The second kappa shape index (κ2) is 12.2. The number of rotatable bonds is 6. The Balaban J connectivity index is 1.27. The number of carboxylic acid groups (broad SMARTS) is 1. The van der Waals surface area contributed by atoms with Crippen LogP contribution >= 0.6 is 24.0 Å². The van der Waals surface area contributed by atoms with Crippen molar-refractivity contribution in [2.75, 3.05) is 38.8 Å². The van der Waals surface area contributed by atoms with Crippen LogP contribution in [0.3, 0.4) is 0 Å². The van der Waals surface area contributed by atoms with Gasteiger partial charge >= 0.3 is 11.9 Å². The molecule has 2 aromatic rings. The van der Waals surface area contributed by atoms with Crippen molar-refractivity contribution < 1.29 is 28.6 Å². The van der Waals surface area contributed by atoms with Crippen molar-refractivity contribution >= 4 is 57.6 Å². The number of carbonyl (C=O) groups excluding carboxylic acids is 1. The van der Waals surface area contributed by atoms with Gasteiger partial charge in [0.2, 0.25) is 5.43 Å². The minimum atomic E-state index is -1.34. The first-order valence-corrected chi connectivity index (χ1v) is 16.4. The largest absolute Gasteiger partial charge is 0.492 e. The quantitative estimate of drug-likeness (QED) is 0.339. The zero-order valence-corrected chi connectivity index (χ0v) is 26.7. The number of aromatic carboxylic acids is 1. The summed E-state index contributed by atoms with van der Waals surface area (Å²) in [5.74, 6) is -1.93. The SMILES string of the molecule is COC(=O)C1=C(NC(=S)N2CCN(c3c(F)cc4c(=O)c(C(=O)O)cn(C5CC5)c4c3OC)C[C@H]2C)S[C@H]2CCCCC[C@@H]12. The number of hydrogen-bond acceptors (Lipinski definition) is 8. The van der Waals surface area contributed by atoms with Crippen molar-refractivity contribution in [1.29, 1.82) is 0 Å². The molecule has 6 rings (SSSR count). The molecule has 1 saturated heterocycles. The van der Waals surface area contributed by atoms with Crippen LogP contribution in [0.2, 0.25) is 0 Å². The lowest BCUT2D eigenvalue weighted by Crippen LogP contribution is -2.56. The number of hydrogen-bond donors (Lipinski definition) is 2. The zero-order chi connectivity index (χ0) is 31.3. The highest BCUT2D eigenvalue weighted by molar-refractivity contribution is 8.04. The fraction of sp³-hybridized carbons (Fsp3) is 0.548. The van der Waals surface area contributed by atoms with Crippen molar-refractivity contribution in [3.8, 4) is 5.75 Å². The molecule has 3 fully saturated rings. The number of anilines is 1. The lowest BCUT2D eigenvalue weighted by molar-refractivity contribution is -0.136. The lowest BCUT2D eigenvalue weighted by Gasteiger charge is -2.42. The van der Waals surface area contributed by atoms with Crippen molar-refractivity contribution in [2.24, 2.45) is 5.92 Å². The number of esters is 1. The second-order valence-electron chi connectivity index (χ2n) is 12.0. The third kappa shape index (κ3) is 5.42. The van der Waals surface area contributed by atoms with Gasteiger partial charge in [-0.25, -0.2) is 14.0 Å². The van der Waals surface area contributed by atoms with E-state index < -0.39 is 17.2 Å². The average molecular weight is 645 g/mol. The number of thiocarbonyl (C=S) groups is 1. The Kier molecular flexibility index (Phi) is 8.53. The van der Waals surface area contributed by atoms with Gasteiger partial charge < -0.3 is 34.3 Å². The van der Waals surface area contributed by atoms with E-state index in [-0.39, 0.29) is 46.4 Å². The van der Waals surface area contributed by atoms with Crippen molar-refractivity contribution in [1.82, 2.24) is 14.8 Å². The first kappa shape index (κ1) is 30.7. The molecular weight excluding hydrogens is 607 g/mol. The normalized spacial score (nSPS) is 23.8. The number of piperazine rings is 1. The molecule has 2 aliphatic heterocycles. The predicted molar refractivity (Wildman–Crippen MR) is 171 cm³/mol. The van der Waals surface area contributed by atoms with E-state index in [1.807, 2.05) is 16.7 Å². The molecule has 0 radical (unpaired) electrons. The van der Waals surface area contributed by atoms with E-state index in [0.717, 1.165) is 49.6 Å². The Bertz CT molecular complexity index is 1620. The molecule has 236 valence electrons. The first-order chi connectivity index (χ1) is 21.1. The Morgan fingerprint density at radius 2 is 1.89 bits per heavy atom. The van der Waals surface area contributed by atoms with Crippen molar-refractivity contribution in [3.63, 3.8) is 0 Å². The van der Waals surface area contributed by atoms with Gasteiger partial charge in [-0.1, -0.05) is 19.3 Å². The van der Waals surface area contributed by atoms with E-state index in [4.69, 9.17) is 21.7 Å². The Labute approximate surface area is 264 Å². The van der Waals surface area contributed by atoms with Gasteiger partial charge in [0.1, 0.15) is 11.3 Å². The molecular formula is C31H37FN4O6S2. The van der Waals surface area contributed by atoms with Gasteiger partial charge in [0, 0.05) is 49.1 Å². The van der Waals surface area contributed by atoms with E-state index in [9.17, 15) is 19.5 Å². The molecule has 4 aliphatic rings. The summed E-state index contributed by atoms with van der Waals surface area (Å²) in [6.45, 7) is 3.33. The van der Waals surface area contributed by atoms with Crippen LogP contribution < -0.4 is 20.4 Å². The van der Waals surface area contributed by atoms with E-state index >= 15 is 4.39 Å². The van der Waals surface area contributed by atoms with Gasteiger partial charge in [-0.15, -0.1) is 11.8 Å². The highest BCUT2D eigenvalue weighted by atomic mass is 32.2. The maximum atomic E-state index is 15.9. The fourth-order valence-corrected chi connectivity index (χ4v) is 8.91. The van der Waals surface area contributed by atoms with Gasteiger partial charge in [0.05, 0.1) is 35.7 Å². The summed E-state index contributed by atoms with van der Waals surface area (Å²) in [4.78, 5) is 41.7. The van der Waals surface area contributed by atoms with E-state index in [1.165, 1.54) is 26.8 Å². The number of nitrogens with zero attached hydrogens (tertiary/aromatic N) is 3. The number of nitrogens with one attached hydrogen (secondary N) is 1. The third-order valence-corrected chi connectivity index (χ3v) is 11.0. The number of methoxy groups -OCH3 is 2. The summed E-state index contributed by atoms with van der Waals surface area (Å²) < 4.78 is 28.6. The number of carbonyl (C=O) groups is 2. The molecule has 2 saturated carbocycles. The van der Waals surface area contributed by atoms with Crippen LogP contribution in [0.25, 0.3) is 10.9 Å². The fourth-order valence-electron chi connectivity index (χ4n) is 6.93. The molecule has 13 heteroatoms. The summed E-state index contributed by atoms with van der Waals surface area (Å²) in [5, 5.41) is 14.6. The minimum absolute atomic E-state index is 0.00743. The second-order valence-corrected chi connectivity index (χ2v) is 13.6. The molecule has 2 aliphatic carbocycles. The molecule has 44 heavy (non-hydrogen) atoms. The number of aromatic nitrogens is 1. The van der Waals surface area contributed by atoms with Gasteiger partial charge in [0.15, 0.2) is 16.7 Å². The molecule has 0 spiro atoms. The first-order valence-electron chi connectivity index (χ1n) is 15.1. The van der Waals surface area contributed by atoms with Crippen molar-refractivity contribution in [3.05, 3.63) is 44.5 Å². The monoisotopic (exact) mass is 644 g/mol. The standard InChI is InChI=1S/C31H37FN4O6S2/c1-16-14-34(11-12-35(16)31(43)33-28-23(30(40)42-3)18-7-5-4-6-8-22(18)44-28)25-21(32)13-19-24(27(25)41-2)36(17-9-10-17)15-20(26(19)37)29(38)39/h13,15-18,22H,4-12,14H2,1-3H3,(H,33,43)(H,38,39)/t16-,18-,22+/m1/s1. The van der Waals surface area contributed by atoms with E-state index in [1.54, 1.807) is 16.3 Å². The summed E-state index contributed by atoms with van der Waals surface area (Å²) >= 11 is 7.54. The Morgan fingerprint density at radius 3 is 2.55 bits per heavy atom. The lowest BCUT2D eigenvalue weighted by atomic mass is 9.92. The molecule has 1 aromatic carbocycles. The number of carboxylic acids is 1. The molecule has 10 nitrogen and oxygen atoms in total. The van der Waals surface area contributed by atoms with Crippen molar-refractivity contribution in [2.45, 2.75) is 69.2 Å². The molecule has 2 N–H and O–H groups in total. The zero-order valence-electron chi connectivity index (χ0n) is 25.1. The smallest absolute Gasteiger partial charge is 0.341 e. The number of fused-ring (bicyclic) bond motifs is 2. The summed E-state index contributed by atoms with van der Waals surface area (Å²) in [6, 6.07) is 1.04. The topological polar surface area (TPSA) is 113 Å². The molecule has 0 bridgehead atoms. The third-order valence-electron chi connectivity index (χ3n) is 9.24. The number of benzene rings is 1. The average Bonchev–Trinajstić information content (AvgIpc) is 3.82. The van der Waals surface area contributed by atoms with Gasteiger partial charge in [0.25, 0.3) is 0 Å². The number of pyridine rings is 1. The number of halogens is 1. The highest BCUT2D eigenvalue weighted by Crippen LogP contribution is 2.48.